The first-order chi connectivity index (χ1) is 23.8. The zero-order valence-corrected chi connectivity index (χ0v) is 28.8. The van der Waals surface area contributed by atoms with Gasteiger partial charge in [-0.3, -0.25) is 0 Å². The van der Waals surface area contributed by atoms with Crippen LogP contribution in [0, 0.1) is 0 Å². The Hall–Kier alpha value is -4.34. The highest BCUT2D eigenvalue weighted by Gasteiger charge is 2.28. The van der Waals surface area contributed by atoms with E-state index in [1.54, 1.807) is 22.3 Å². The van der Waals surface area contributed by atoms with Gasteiger partial charge in [0.25, 0.3) is 0 Å². The Morgan fingerprint density at radius 2 is 0.542 bits per heavy atom. The largest absolute Gasteiger partial charge is 0.0973 e. The molecular formula is C46H36P2. The van der Waals surface area contributed by atoms with Gasteiger partial charge in [-0.2, -0.15) is 0 Å². The quantitative estimate of drug-likeness (QED) is 0.167. The molecule has 0 saturated heterocycles. The van der Waals surface area contributed by atoms with Gasteiger partial charge in [-0.15, -0.1) is 0 Å². The van der Waals surface area contributed by atoms with E-state index in [1.165, 1.54) is 102 Å². The standard InChI is InChI=1S/C46H36P2/c1-5-13-39-31(9-1)17-21-35-27-47(28-36-22-18-32-10-2-6-14-40(32)44(36)43(35)39)25-26-48-29-37-23-19-33-11-3-7-15-41(33)45(37)46-38(30-48)24-20-34-12-4-8-16-42(34)46/h1-24H,25-30H2. The van der Waals surface area contributed by atoms with Crippen LogP contribution < -0.4 is 0 Å². The van der Waals surface area contributed by atoms with Crippen LogP contribution in [0.4, 0.5) is 0 Å². The van der Waals surface area contributed by atoms with Crippen molar-refractivity contribution >= 4 is 58.9 Å². The summed E-state index contributed by atoms with van der Waals surface area (Å²) in [6.07, 6.45) is 7.53. The van der Waals surface area contributed by atoms with Crippen molar-refractivity contribution in [1.82, 2.24) is 0 Å². The van der Waals surface area contributed by atoms with Gasteiger partial charge in [0.15, 0.2) is 0 Å². The molecule has 2 aliphatic heterocycles. The lowest BCUT2D eigenvalue weighted by atomic mass is 9.88. The molecule has 0 fully saturated rings. The Bertz CT molecular complexity index is 2190. The fourth-order valence-corrected chi connectivity index (χ4v) is 14.7. The van der Waals surface area contributed by atoms with Crippen LogP contribution in [-0.4, -0.2) is 12.3 Å². The zero-order valence-electron chi connectivity index (χ0n) is 27.0. The van der Waals surface area contributed by atoms with Gasteiger partial charge in [0, 0.05) is 0 Å². The Morgan fingerprint density at radius 3 is 0.812 bits per heavy atom. The first-order valence-electron chi connectivity index (χ1n) is 17.3. The monoisotopic (exact) mass is 650 g/mol. The van der Waals surface area contributed by atoms with Gasteiger partial charge in [-0.25, -0.2) is 0 Å². The number of fused-ring (bicyclic) bond motifs is 14. The minimum Gasteiger partial charge on any atom is -0.0973 e. The summed E-state index contributed by atoms with van der Waals surface area (Å²) in [6, 6.07) is 55.5. The van der Waals surface area contributed by atoms with Crippen molar-refractivity contribution in [3.05, 3.63) is 168 Å². The van der Waals surface area contributed by atoms with Crippen molar-refractivity contribution in [1.29, 1.82) is 0 Å². The average molecular weight is 651 g/mol. The molecule has 0 bridgehead atoms. The number of hydrogen-bond donors (Lipinski definition) is 0. The van der Waals surface area contributed by atoms with Crippen LogP contribution in [0.2, 0.25) is 0 Å². The molecule has 0 aromatic heterocycles. The molecule has 8 aromatic rings. The predicted octanol–water partition coefficient (Wildman–Crippen LogP) is 13.3. The number of benzene rings is 8. The highest BCUT2D eigenvalue weighted by molar-refractivity contribution is 7.60. The van der Waals surface area contributed by atoms with Gasteiger partial charge in [-0.05, 0) is 125 Å². The van der Waals surface area contributed by atoms with E-state index in [9.17, 15) is 0 Å². The molecule has 0 spiro atoms. The van der Waals surface area contributed by atoms with Crippen LogP contribution in [0.3, 0.4) is 0 Å². The van der Waals surface area contributed by atoms with Gasteiger partial charge in [-0.1, -0.05) is 161 Å². The molecule has 2 heteroatoms. The van der Waals surface area contributed by atoms with E-state index in [0.717, 1.165) is 0 Å². The van der Waals surface area contributed by atoms with Crippen LogP contribution in [-0.2, 0) is 24.6 Å². The summed E-state index contributed by atoms with van der Waals surface area (Å²) in [5, 5.41) is 11.0. The van der Waals surface area contributed by atoms with Crippen molar-refractivity contribution in [2.75, 3.05) is 12.3 Å². The van der Waals surface area contributed by atoms with Crippen LogP contribution in [0.15, 0.2) is 146 Å². The lowest BCUT2D eigenvalue weighted by Gasteiger charge is -2.22. The third-order valence-corrected chi connectivity index (χ3v) is 16.1. The van der Waals surface area contributed by atoms with Gasteiger partial charge < -0.3 is 0 Å². The van der Waals surface area contributed by atoms with E-state index < -0.39 is 0 Å². The topological polar surface area (TPSA) is 0 Å². The van der Waals surface area contributed by atoms with Gasteiger partial charge in [0.1, 0.15) is 0 Å². The molecule has 10 rings (SSSR count). The molecule has 0 atom stereocenters. The third-order valence-electron chi connectivity index (χ3n) is 10.9. The Kier molecular flexibility index (Phi) is 6.96. The van der Waals surface area contributed by atoms with E-state index in [1.807, 2.05) is 0 Å². The molecule has 8 aromatic carbocycles. The lowest BCUT2D eigenvalue weighted by Crippen LogP contribution is -1.99. The molecular weight excluding hydrogens is 614 g/mol. The molecule has 0 radical (unpaired) electrons. The SMILES string of the molecule is c1ccc2c3c(ccc2c1)CP(CCP1Cc2ccc4ccccc4c2-c2c(ccc4ccccc24)C1)Cc1ccc2ccccc2c1-3. The summed E-state index contributed by atoms with van der Waals surface area (Å²) in [7, 11) is -0.382. The second kappa shape index (κ2) is 11.7. The smallest absolute Gasteiger partial charge is 0.00606 e. The molecule has 0 saturated carbocycles. The Balaban J connectivity index is 1.05. The van der Waals surface area contributed by atoms with Crippen LogP contribution in [0.5, 0.6) is 0 Å². The van der Waals surface area contributed by atoms with E-state index >= 15 is 0 Å². The maximum atomic E-state index is 2.46. The summed E-state index contributed by atoms with van der Waals surface area (Å²) in [5.41, 5.74) is 12.2. The molecule has 0 N–H and O–H groups in total. The molecule has 2 heterocycles. The summed E-state index contributed by atoms with van der Waals surface area (Å²) in [4.78, 5) is 0. The Morgan fingerprint density at radius 1 is 0.292 bits per heavy atom. The fraction of sp³-hybridized carbons (Fsp3) is 0.130. The minimum atomic E-state index is -0.191. The molecule has 230 valence electrons. The van der Waals surface area contributed by atoms with Crippen molar-refractivity contribution in [3.8, 4) is 22.3 Å². The normalized spacial score (nSPS) is 14.8. The molecule has 48 heavy (non-hydrogen) atoms. The second-order valence-corrected chi connectivity index (χ2v) is 18.5. The van der Waals surface area contributed by atoms with Crippen molar-refractivity contribution < 1.29 is 0 Å². The maximum absolute atomic E-state index is 2.46. The van der Waals surface area contributed by atoms with Gasteiger partial charge >= 0.3 is 0 Å². The summed E-state index contributed by atoms with van der Waals surface area (Å²) >= 11 is 0. The molecule has 0 unspecified atom stereocenters. The Labute approximate surface area is 285 Å². The van der Waals surface area contributed by atoms with Crippen LogP contribution >= 0.6 is 15.8 Å². The number of rotatable bonds is 3. The predicted molar refractivity (Wildman–Crippen MR) is 212 cm³/mol. The highest BCUT2D eigenvalue weighted by atomic mass is 31.1. The average Bonchev–Trinajstić information content (AvgIpc) is 3.42. The zero-order chi connectivity index (χ0) is 31.6. The first-order valence-corrected chi connectivity index (χ1v) is 21.1. The summed E-state index contributed by atoms with van der Waals surface area (Å²) in [5.74, 6) is 0. The summed E-state index contributed by atoms with van der Waals surface area (Å²) < 4.78 is 0. The van der Waals surface area contributed by atoms with E-state index in [2.05, 4.69) is 146 Å². The minimum absolute atomic E-state index is 0.191. The highest BCUT2D eigenvalue weighted by Crippen LogP contribution is 2.58. The van der Waals surface area contributed by atoms with E-state index in [4.69, 9.17) is 0 Å². The number of hydrogen-bond acceptors (Lipinski definition) is 0. The van der Waals surface area contributed by atoms with Crippen molar-refractivity contribution in [2.45, 2.75) is 24.6 Å². The van der Waals surface area contributed by atoms with Crippen LogP contribution in [0.1, 0.15) is 22.3 Å². The molecule has 0 aliphatic carbocycles. The van der Waals surface area contributed by atoms with Crippen molar-refractivity contribution in [2.24, 2.45) is 0 Å². The lowest BCUT2D eigenvalue weighted by molar-refractivity contribution is 1.29. The maximum Gasteiger partial charge on any atom is -0.00606 e. The fourth-order valence-electron chi connectivity index (χ4n) is 8.65. The molecule has 0 nitrogen and oxygen atoms in total. The second-order valence-electron chi connectivity index (χ2n) is 13.7. The van der Waals surface area contributed by atoms with Gasteiger partial charge in [0.05, 0.1) is 0 Å². The van der Waals surface area contributed by atoms with Crippen molar-refractivity contribution in [3.63, 3.8) is 0 Å². The van der Waals surface area contributed by atoms with E-state index in [-0.39, 0.29) is 15.8 Å². The van der Waals surface area contributed by atoms with Crippen LogP contribution in [0.25, 0.3) is 65.3 Å². The van der Waals surface area contributed by atoms with Gasteiger partial charge in [0.2, 0.25) is 0 Å². The summed E-state index contributed by atoms with van der Waals surface area (Å²) in [6.45, 7) is 0. The first kappa shape index (κ1) is 28.7. The molecule has 2 aliphatic rings. The van der Waals surface area contributed by atoms with E-state index in [0.29, 0.717) is 0 Å². The molecule has 0 amide bonds. The third kappa shape index (κ3) is 4.73.